The van der Waals surface area contributed by atoms with Gasteiger partial charge in [-0.1, -0.05) is 27.7 Å². The average Bonchev–Trinajstić information content (AvgIpc) is 2.59. The van der Waals surface area contributed by atoms with Crippen molar-refractivity contribution in [3.63, 3.8) is 0 Å². The van der Waals surface area contributed by atoms with Crippen molar-refractivity contribution in [1.82, 2.24) is 10.3 Å². The van der Waals surface area contributed by atoms with Gasteiger partial charge in [-0.3, -0.25) is 0 Å². The maximum absolute atomic E-state index is 4.51. The molecule has 1 rings (SSSR count). The Hall–Kier alpha value is -0.410. The number of aromatic nitrogens is 1. The van der Waals surface area contributed by atoms with Crippen LogP contribution in [0.25, 0.3) is 0 Å². The maximum Gasteiger partial charge on any atom is 0.0898 e. The highest BCUT2D eigenvalue weighted by Gasteiger charge is 2.20. The summed E-state index contributed by atoms with van der Waals surface area (Å²) in [7, 11) is 0. The third-order valence-corrected chi connectivity index (χ3v) is 4.08. The lowest BCUT2D eigenvalue weighted by atomic mass is 9.82. The Morgan fingerprint density at radius 3 is 2.44 bits per heavy atom. The van der Waals surface area contributed by atoms with Crippen LogP contribution in [-0.4, -0.2) is 11.5 Å². The van der Waals surface area contributed by atoms with Crippen molar-refractivity contribution in [2.45, 2.75) is 47.6 Å². The number of nitrogens with zero attached hydrogens (tertiary/aromatic N) is 1. The molecule has 0 aromatic carbocycles. The van der Waals surface area contributed by atoms with Crippen LogP contribution in [0.5, 0.6) is 0 Å². The Morgan fingerprint density at radius 1 is 1.38 bits per heavy atom. The molecule has 0 fully saturated rings. The molecule has 3 heteroatoms. The highest BCUT2D eigenvalue weighted by molar-refractivity contribution is 7.09. The zero-order valence-electron chi connectivity index (χ0n) is 11.3. The fraction of sp³-hybridized carbons (Fsp3) is 0.769. The molecule has 0 radical (unpaired) electrons. The second kappa shape index (κ2) is 5.28. The topological polar surface area (TPSA) is 24.9 Å². The lowest BCUT2D eigenvalue weighted by Gasteiger charge is -2.28. The summed E-state index contributed by atoms with van der Waals surface area (Å²) in [6.45, 7) is 14.4. The first-order valence-electron chi connectivity index (χ1n) is 5.96. The van der Waals surface area contributed by atoms with Crippen LogP contribution in [0.3, 0.4) is 0 Å². The molecule has 1 N–H and O–H groups in total. The minimum Gasteiger partial charge on any atom is -0.309 e. The van der Waals surface area contributed by atoms with Crippen LogP contribution in [0.15, 0.2) is 5.38 Å². The van der Waals surface area contributed by atoms with Gasteiger partial charge in [0, 0.05) is 11.4 Å². The van der Waals surface area contributed by atoms with E-state index < -0.39 is 0 Å². The first-order valence-corrected chi connectivity index (χ1v) is 6.84. The van der Waals surface area contributed by atoms with E-state index in [9.17, 15) is 0 Å². The zero-order valence-corrected chi connectivity index (χ0v) is 12.1. The van der Waals surface area contributed by atoms with E-state index in [0.717, 1.165) is 11.6 Å². The normalized spacial score (nSPS) is 16.1. The highest BCUT2D eigenvalue weighted by Crippen LogP contribution is 2.25. The molecular weight excluding hydrogens is 216 g/mol. The summed E-state index contributed by atoms with van der Waals surface area (Å²) in [5.74, 6) is 0.662. The van der Waals surface area contributed by atoms with E-state index in [4.69, 9.17) is 0 Å². The standard InChI is InChI=1S/C13H24N2S/c1-9(13(4,5)6)7-14-10(2)12-8-16-11(3)15-12/h8-10,14H,7H2,1-6H3. The first kappa shape index (κ1) is 13.7. The second-order valence-electron chi connectivity index (χ2n) is 5.69. The van der Waals surface area contributed by atoms with Gasteiger partial charge in [0.15, 0.2) is 0 Å². The van der Waals surface area contributed by atoms with Crippen LogP contribution in [-0.2, 0) is 0 Å². The Morgan fingerprint density at radius 2 is 2.00 bits per heavy atom. The quantitative estimate of drug-likeness (QED) is 0.866. The molecule has 0 spiro atoms. The van der Waals surface area contributed by atoms with E-state index in [1.165, 1.54) is 5.69 Å². The summed E-state index contributed by atoms with van der Waals surface area (Å²) in [6.07, 6.45) is 0. The van der Waals surface area contributed by atoms with Gasteiger partial charge in [-0.2, -0.15) is 0 Å². The van der Waals surface area contributed by atoms with Crippen molar-refractivity contribution in [2.75, 3.05) is 6.54 Å². The molecule has 0 aliphatic rings. The predicted octanol–water partition coefficient (Wildman–Crippen LogP) is 3.78. The van der Waals surface area contributed by atoms with E-state index >= 15 is 0 Å². The number of hydrogen-bond donors (Lipinski definition) is 1. The number of rotatable bonds is 4. The smallest absolute Gasteiger partial charge is 0.0898 e. The second-order valence-corrected chi connectivity index (χ2v) is 6.75. The number of thiazole rings is 1. The Bertz CT molecular complexity index is 325. The molecular formula is C13H24N2S. The third kappa shape index (κ3) is 3.87. The molecule has 1 aromatic heterocycles. The van der Waals surface area contributed by atoms with E-state index in [-0.39, 0.29) is 0 Å². The van der Waals surface area contributed by atoms with Gasteiger partial charge in [-0.15, -0.1) is 11.3 Å². The van der Waals surface area contributed by atoms with Crippen LogP contribution in [0.2, 0.25) is 0 Å². The molecule has 2 unspecified atom stereocenters. The van der Waals surface area contributed by atoms with E-state index in [0.29, 0.717) is 17.4 Å². The number of hydrogen-bond acceptors (Lipinski definition) is 3. The van der Waals surface area contributed by atoms with Gasteiger partial charge in [0.2, 0.25) is 0 Å². The Kier molecular flexibility index (Phi) is 4.51. The summed E-state index contributed by atoms with van der Waals surface area (Å²) >= 11 is 1.72. The fourth-order valence-electron chi connectivity index (χ4n) is 1.34. The van der Waals surface area contributed by atoms with Crippen molar-refractivity contribution >= 4 is 11.3 Å². The monoisotopic (exact) mass is 240 g/mol. The van der Waals surface area contributed by atoms with Gasteiger partial charge in [0.25, 0.3) is 0 Å². The number of nitrogens with one attached hydrogen (secondary N) is 1. The van der Waals surface area contributed by atoms with Crippen molar-refractivity contribution in [2.24, 2.45) is 11.3 Å². The Labute approximate surface area is 103 Å². The van der Waals surface area contributed by atoms with Crippen molar-refractivity contribution in [3.05, 3.63) is 16.1 Å². The first-order chi connectivity index (χ1) is 7.30. The molecule has 0 amide bonds. The van der Waals surface area contributed by atoms with Crippen LogP contribution in [0.4, 0.5) is 0 Å². The van der Waals surface area contributed by atoms with Gasteiger partial charge in [-0.25, -0.2) is 4.98 Å². The predicted molar refractivity (Wildman–Crippen MR) is 71.9 cm³/mol. The van der Waals surface area contributed by atoms with Crippen LogP contribution >= 0.6 is 11.3 Å². The van der Waals surface area contributed by atoms with Crippen molar-refractivity contribution < 1.29 is 0 Å². The average molecular weight is 240 g/mol. The minimum atomic E-state index is 0.356. The molecule has 0 bridgehead atoms. The largest absolute Gasteiger partial charge is 0.309 e. The fourth-order valence-corrected chi connectivity index (χ4v) is 2.05. The minimum absolute atomic E-state index is 0.356. The van der Waals surface area contributed by atoms with Gasteiger partial charge in [0.05, 0.1) is 10.7 Å². The molecule has 0 saturated carbocycles. The summed E-state index contributed by atoms with van der Waals surface area (Å²) < 4.78 is 0. The summed E-state index contributed by atoms with van der Waals surface area (Å²) in [4.78, 5) is 4.51. The summed E-state index contributed by atoms with van der Waals surface area (Å²) in [6, 6.07) is 0.356. The Balaban J connectivity index is 2.44. The van der Waals surface area contributed by atoms with Crippen LogP contribution < -0.4 is 5.32 Å². The lowest BCUT2D eigenvalue weighted by molar-refractivity contribution is 0.246. The van der Waals surface area contributed by atoms with E-state index in [1.807, 2.05) is 0 Å². The summed E-state index contributed by atoms with van der Waals surface area (Å²) in [5, 5.41) is 6.86. The SMILES string of the molecule is Cc1nc(C(C)NCC(C)C(C)(C)C)cs1. The molecule has 2 nitrogen and oxygen atoms in total. The lowest BCUT2D eigenvalue weighted by Crippen LogP contribution is -2.31. The van der Waals surface area contributed by atoms with Crippen LogP contribution in [0, 0.1) is 18.3 Å². The third-order valence-electron chi connectivity index (χ3n) is 3.29. The molecule has 0 aliphatic carbocycles. The zero-order chi connectivity index (χ0) is 12.3. The molecule has 2 atom stereocenters. The highest BCUT2D eigenvalue weighted by atomic mass is 32.1. The van der Waals surface area contributed by atoms with Crippen molar-refractivity contribution in [3.8, 4) is 0 Å². The summed E-state index contributed by atoms with van der Waals surface area (Å²) in [5.41, 5.74) is 1.54. The van der Waals surface area contributed by atoms with E-state index in [2.05, 4.69) is 57.2 Å². The number of aryl methyl sites for hydroxylation is 1. The van der Waals surface area contributed by atoms with Gasteiger partial charge in [0.1, 0.15) is 0 Å². The maximum atomic E-state index is 4.51. The van der Waals surface area contributed by atoms with Crippen LogP contribution in [0.1, 0.15) is 51.4 Å². The molecule has 16 heavy (non-hydrogen) atoms. The van der Waals surface area contributed by atoms with Gasteiger partial charge >= 0.3 is 0 Å². The van der Waals surface area contributed by atoms with Crippen molar-refractivity contribution in [1.29, 1.82) is 0 Å². The molecule has 92 valence electrons. The molecule has 1 aromatic rings. The molecule has 1 heterocycles. The van der Waals surface area contributed by atoms with E-state index in [1.54, 1.807) is 11.3 Å². The molecule has 0 saturated heterocycles. The van der Waals surface area contributed by atoms with Gasteiger partial charge in [-0.05, 0) is 31.7 Å². The molecule has 0 aliphatic heterocycles. The van der Waals surface area contributed by atoms with Gasteiger partial charge < -0.3 is 5.32 Å².